The highest BCUT2D eigenvalue weighted by Crippen LogP contribution is 2.21. The lowest BCUT2D eigenvalue weighted by molar-refractivity contribution is 0.0730. The van der Waals surface area contributed by atoms with Crippen LogP contribution in [0.1, 0.15) is 15.4 Å². The first kappa shape index (κ1) is 20.0. The first-order valence-electron chi connectivity index (χ1n) is 9.35. The van der Waals surface area contributed by atoms with Gasteiger partial charge in [-0.25, -0.2) is 13.4 Å². The lowest BCUT2D eigenvalue weighted by atomic mass is 10.2. The zero-order valence-corrected chi connectivity index (χ0v) is 17.3. The summed E-state index contributed by atoms with van der Waals surface area (Å²) in [6.07, 6.45) is 0.647. The fourth-order valence-corrected chi connectivity index (χ4v) is 5.50. The van der Waals surface area contributed by atoms with Crippen LogP contribution in [0.3, 0.4) is 0 Å². The van der Waals surface area contributed by atoms with Gasteiger partial charge in [0, 0.05) is 31.6 Å². The number of hydrogen-bond acceptors (Lipinski definition) is 6. The standard InChI is InChI=1S/C20H21N3O4S2/c24-20(21-10-9-19-22-17-3-1-2-4-18(17)28-19)15-5-7-16(8-6-15)29(25,26)23-11-13-27-14-12-23/h1-8H,9-14H2,(H,21,24). The summed E-state index contributed by atoms with van der Waals surface area (Å²) in [4.78, 5) is 17.1. The summed E-state index contributed by atoms with van der Waals surface area (Å²) in [5.74, 6) is -0.235. The predicted octanol–water partition coefficient (Wildman–Crippen LogP) is 2.29. The molecule has 0 bridgehead atoms. The molecule has 1 amide bonds. The minimum Gasteiger partial charge on any atom is -0.379 e. The minimum atomic E-state index is -3.56. The Kier molecular flexibility index (Phi) is 5.91. The average molecular weight is 432 g/mol. The third-order valence-electron chi connectivity index (χ3n) is 4.69. The van der Waals surface area contributed by atoms with Crippen LogP contribution in [0.2, 0.25) is 0 Å². The maximum absolute atomic E-state index is 12.6. The Morgan fingerprint density at radius 2 is 1.83 bits per heavy atom. The quantitative estimate of drug-likeness (QED) is 0.647. The summed E-state index contributed by atoms with van der Waals surface area (Å²) in [6, 6.07) is 14.0. The molecule has 9 heteroatoms. The second-order valence-corrected chi connectivity index (χ2v) is 9.68. The lowest BCUT2D eigenvalue weighted by Gasteiger charge is -2.26. The Labute approximate surface area is 173 Å². The third kappa shape index (κ3) is 4.48. The topological polar surface area (TPSA) is 88.6 Å². The van der Waals surface area contributed by atoms with Crippen molar-refractivity contribution in [3.63, 3.8) is 0 Å². The fraction of sp³-hybridized carbons (Fsp3) is 0.300. The first-order valence-corrected chi connectivity index (χ1v) is 11.6. The highest BCUT2D eigenvalue weighted by Gasteiger charge is 2.26. The number of benzene rings is 2. The summed E-state index contributed by atoms with van der Waals surface area (Å²) in [5.41, 5.74) is 1.39. The molecule has 152 valence electrons. The molecule has 1 aromatic heterocycles. The fourth-order valence-electron chi connectivity index (χ4n) is 3.13. The van der Waals surface area contributed by atoms with Crippen LogP contribution in [0, 0.1) is 0 Å². The van der Waals surface area contributed by atoms with Crippen molar-refractivity contribution in [1.82, 2.24) is 14.6 Å². The van der Waals surface area contributed by atoms with Crippen molar-refractivity contribution in [2.24, 2.45) is 0 Å². The van der Waals surface area contributed by atoms with Crippen LogP contribution in [-0.2, 0) is 21.2 Å². The van der Waals surface area contributed by atoms with Gasteiger partial charge in [0.25, 0.3) is 5.91 Å². The summed E-state index contributed by atoms with van der Waals surface area (Å²) >= 11 is 1.62. The molecule has 29 heavy (non-hydrogen) atoms. The molecule has 4 rings (SSSR count). The molecule has 0 saturated carbocycles. The monoisotopic (exact) mass is 431 g/mol. The Bertz CT molecular complexity index is 1070. The van der Waals surface area contributed by atoms with Gasteiger partial charge in [0.2, 0.25) is 10.0 Å². The van der Waals surface area contributed by atoms with E-state index in [1.165, 1.54) is 16.4 Å². The summed E-state index contributed by atoms with van der Waals surface area (Å²) in [5, 5.41) is 3.84. The number of carbonyl (C=O) groups excluding carboxylic acids is 1. The number of nitrogens with one attached hydrogen (secondary N) is 1. The normalized spacial score (nSPS) is 15.4. The van der Waals surface area contributed by atoms with Gasteiger partial charge in [0.15, 0.2) is 0 Å². The van der Waals surface area contributed by atoms with E-state index < -0.39 is 10.0 Å². The maximum atomic E-state index is 12.6. The summed E-state index contributed by atoms with van der Waals surface area (Å²) in [6.45, 7) is 1.95. The van der Waals surface area contributed by atoms with E-state index in [0.29, 0.717) is 44.8 Å². The van der Waals surface area contributed by atoms with Gasteiger partial charge in [-0.05, 0) is 36.4 Å². The van der Waals surface area contributed by atoms with Gasteiger partial charge in [-0.15, -0.1) is 11.3 Å². The van der Waals surface area contributed by atoms with E-state index in [4.69, 9.17) is 4.74 Å². The molecule has 2 heterocycles. The van der Waals surface area contributed by atoms with Crippen molar-refractivity contribution in [3.8, 4) is 0 Å². The molecule has 1 fully saturated rings. The SMILES string of the molecule is O=C(NCCc1nc2ccccc2s1)c1ccc(S(=O)(=O)N2CCOCC2)cc1. The molecule has 0 spiro atoms. The number of fused-ring (bicyclic) bond motifs is 1. The van der Waals surface area contributed by atoms with E-state index in [0.717, 1.165) is 15.2 Å². The number of nitrogens with zero attached hydrogens (tertiary/aromatic N) is 2. The average Bonchev–Trinajstić information content (AvgIpc) is 3.17. The van der Waals surface area contributed by atoms with E-state index in [1.807, 2.05) is 24.3 Å². The van der Waals surface area contributed by atoms with Crippen LogP contribution in [0.4, 0.5) is 0 Å². The number of sulfonamides is 1. The van der Waals surface area contributed by atoms with Gasteiger partial charge >= 0.3 is 0 Å². The molecule has 1 N–H and O–H groups in total. The van der Waals surface area contributed by atoms with Gasteiger partial charge < -0.3 is 10.1 Å². The Hall–Kier alpha value is -2.33. The zero-order valence-electron chi connectivity index (χ0n) is 15.7. The van der Waals surface area contributed by atoms with Crippen molar-refractivity contribution in [2.45, 2.75) is 11.3 Å². The molecule has 1 aliphatic heterocycles. The number of morpholine rings is 1. The van der Waals surface area contributed by atoms with Crippen LogP contribution in [-0.4, -0.2) is 56.5 Å². The van der Waals surface area contributed by atoms with Crippen LogP contribution in [0.25, 0.3) is 10.2 Å². The number of amides is 1. The van der Waals surface area contributed by atoms with Gasteiger partial charge in [-0.2, -0.15) is 4.31 Å². The van der Waals surface area contributed by atoms with E-state index in [2.05, 4.69) is 10.3 Å². The molecular formula is C20H21N3O4S2. The molecule has 1 saturated heterocycles. The molecule has 0 unspecified atom stereocenters. The second kappa shape index (κ2) is 8.58. The molecule has 0 atom stereocenters. The predicted molar refractivity (Wildman–Crippen MR) is 112 cm³/mol. The van der Waals surface area contributed by atoms with Gasteiger partial charge in [-0.3, -0.25) is 4.79 Å². The number of hydrogen-bond donors (Lipinski definition) is 1. The van der Waals surface area contributed by atoms with E-state index >= 15 is 0 Å². The Balaban J connectivity index is 1.35. The maximum Gasteiger partial charge on any atom is 0.251 e. The second-order valence-electron chi connectivity index (χ2n) is 6.62. The number of carbonyl (C=O) groups is 1. The highest BCUT2D eigenvalue weighted by molar-refractivity contribution is 7.89. The Morgan fingerprint density at radius 3 is 2.55 bits per heavy atom. The van der Waals surface area contributed by atoms with Crippen molar-refractivity contribution in [3.05, 3.63) is 59.1 Å². The van der Waals surface area contributed by atoms with Crippen molar-refractivity contribution >= 4 is 37.5 Å². The van der Waals surface area contributed by atoms with Gasteiger partial charge in [-0.1, -0.05) is 12.1 Å². The van der Waals surface area contributed by atoms with Gasteiger partial charge in [0.1, 0.15) is 0 Å². The number of rotatable bonds is 6. The number of para-hydroxylation sites is 1. The molecule has 7 nitrogen and oxygen atoms in total. The molecule has 2 aromatic carbocycles. The highest BCUT2D eigenvalue weighted by atomic mass is 32.2. The summed E-state index contributed by atoms with van der Waals surface area (Å²) in [7, 11) is -3.56. The van der Waals surface area contributed by atoms with Crippen molar-refractivity contribution < 1.29 is 17.9 Å². The van der Waals surface area contributed by atoms with Gasteiger partial charge in [0.05, 0.1) is 33.3 Å². The largest absolute Gasteiger partial charge is 0.379 e. The molecule has 3 aromatic rings. The molecule has 1 aliphatic rings. The first-order chi connectivity index (χ1) is 14.0. The number of aromatic nitrogens is 1. The minimum absolute atomic E-state index is 0.186. The Morgan fingerprint density at radius 1 is 1.10 bits per heavy atom. The number of thiazole rings is 1. The van der Waals surface area contributed by atoms with Crippen molar-refractivity contribution in [2.75, 3.05) is 32.8 Å². The van der Waals surface area contributed by atoms with Crippen LogP contribution in [0.15, 0.2) is 53.4 Å². The zero-order chi connectivity index (χ0) is 20.3. The molecular weight excluding hydrogens is 410 g/mol. The van der Waals surface area contributed by atoms with Crippen LogP contribution in [0.5, 0.6) is 0 Å². The van der Waals surface area contributed by atoms with E-state index in [-0.39, 0.29) is 10.8 Å². The molecule has 0 aliphatic carbocycles. The lowest BCUT2D eigenvalue weighted by Crippen LogP contribution is -2.40. The molecule has 0 radical (unpaired) electrons. The van der Waals surface area contributed by atoms with E-state index in [9.17, 15) is 13.2 Å². The summed E-state index contributed by atoms with van der Waals surface area (Å²) < 4.78 is 33.0. The van der Waals surface area contributed by atoms with Crippen LogP contribution >= 0.6 is 11.3 Å². The smallest absolute Gasteiger partial charge is 0.251 e. The van der Waals surface area contributed by atoms with E-state index in [1.54, 1.807) is 23.5 Å². The van der Waals surface area contributed by atoms with Crippen molar-refractivity contribution in [1.29, 1.82) is 0 Å². The van der Waals surface area contributed by atoms with Crippen LogP contribution < -0.4 is 5.32 Å². The third-order valence-corrected chi connectivity index (χ3v) is 7.70. The number of ether oxygens (including phenoxy) is 1.